The normalized spacial score (nSPS) is 13.9. The fraction of sp³-hybridized carbons (Fsp3) is 0.533. The lowest BCUT2D eigenvalue weighted by Gasteiger charge is -2.32. The molecule has 110 valence electrons. The number of hydrogen-bond donors (Lipinski definition) is 0. The number of hydrogen-bond acceptors (Lipinski definition) is 1. The van der Waals surface area contributed by atoms with Crippen LogP contribution in [0.5, 0.6) is 0 Å². The van der Waals surface area contributed by atoms with Crippen LogP contribution in [0.4, 0.5) is 8.78 Å². The van der Waals surface area contributed by atoms with E-state index in [1.165, 1.54) is 6.07 Å². The summed E-state index contributed by atoms with van der Waals surface area (Å²) in [5.74, 6) is -0.663. The van der Waals surface area contributed by atoms with Crippen molar-refractivity contribution in [1.82, 2.24) is 9.55 Å². The van der Waals surface area contributed by atoms with Crippen molar-refractivity contribution in [3.63, 3.8) is 0 Å². The number of benzene rings is 1. The lowest BCUT2D eigenvalue weighted by molar-refractivity contribution is 0.293. The summed E-state index contributed by atoms with van der Waals surface area (Å²) in [7, 11) is 0. The Morgan fingerprint density at radius 1 is 1.30 bits per heavy atom. The molecule has 2 nitrogen and oxygen atoms in total. The monoisotopic (exact) mass is 300 g/mol. The zero-order chi connectivity index (χ0) is 15.1. The summed E-state index contributed by atoms with van der Waals surface area (Å²) >= 11 is 6.19. The third-order valence-corrected chi connectivity index (χ3v) is 4.32. The van der Waals surface area contributed by atoms with E-state index in [0.717, 1.165) is 18.9 Å². The van der Waals surface area contributed by atoms with Crippen molar-refractivity contribution < 1.29 is 8.78 Å². The Morgan fingerprint density at radius 3 is 2.40 bits per heavy atom. The molecule has 0 amide bonds. The minimum absolute atomic E-state index is 0.182. The molecule has 1 aromatic carbocycles. The van der Waals surface area contributed by atoms with E-state index in [9.17, 15) is 8.78 Å². The van der Waals surface area contributed by atoms with E-state index in [-0.39, 0.29) is 16.4 Å². The summed E-state index contributed by atoms with van der Waals surface area (Å²) in [5.41, 5.74) is 0.381. The van der Waals surface area contributed by atoms with E-state index >= 15 is 0 Å². The molecule has 0 aliphatic rings. The molecule has 1 heterocycles. The molecule has 2 aromatic rings. The predicted octanol–water partition coefficient (Wildman–Crippen LogP) is 5.15. The Morgan fingerprint density at radius 2 is 1.90 bits per heavy atom. The van der Waals surface area contributed by atoms with Gasteiger partial charge in [0.05, 0.1) is 10.9 Å². The predicted molar refractivity (Wildman–Crippen MR) is 78.1 cm³/mol. The van der Waals surface area contributed by atoms with Crippen LogP contribution in [0.3, 0.4) is 0 Å². The van der Waals surface area contributed by atoms with E-state index in [4.69, 9.17) is 11.6 Å². The average molecular weight is 301 g/mol. The van der Waals surface area contributed by atoms with Crippen LogP contribution >= 0.6 is 11.6 Å². The number of imidazole rings is 1. The Kier molecular flexibility index (Phi) is 4.05. The van der Waals surface area contributed by atoms with Crippen molar-refractivity contribution in [2.24, 2.45) is 0 Å². The SMILES string of the molecule is CCC(C)(CC)n1c(C(C)Cl)nc2c(F)cc(F)cc21. The highest BCUT2D eigenvalue weighted by Gasteiger charge is 2.30. The lowest BCUT2D eigenvalue weighted by Crippen LogP contribution is -2.30. The maximum Gasteiger partial charge on any atom is 0.153 e. The minimum atomic E-state index is -0.646. The fourth-order valence-corrected chi connectivity index (χ4v) is 2.67. The molecule has 20 heavy (non-hydrogen) atoms. The molecule has 0 N–H and O–H groups in total. The standard InChI is InChI=1S/C15H19ClF2N2/c1-5-15(4,6-2)20-12-8-10(17)7-11(18)13(12)19-14(20)9(3)16/h7-9H,5-6H2,1-4H3. The van der Waals surface area contributed by atoms with Gasteiger partial charge in [0.25, 0.3) is 0 Å². The van der Waals surface area contributed by atoms with Crippen LogP contribution < -0.4 is 0 Å². The molecule has 1 unspecified atom stereocenters. The van der Waals surface area contributed by atoms with E-state index in [1.807, 2.05) is 18.4 Å². The van der Waals surface area contributed by atoms with Gasteiger partial charge in [-0.15, -0.1) is 11.6 Å². The summed E-state index contributed by atoms with van der Waals surface area (Å²) in [6.07, 6.45) is 1.65. The maximum atomic E-state index is 13.9. The zero-order valence-electron chi connectivity index (χ0n) is 12.2. The molecule has 2 rings (SSSR count). The highest BCUT2D eigenvalue weighted by molar-refractivity contribution is 6.20. The van der Waals surface area contributed by atoms with Gasteiger partial charge in [-0.1, -0.05) is 13.8 Å². The number of fused-ring (bicyclic) bond motifs is 1. The van der Waals surface area contributed by atoms with Gasteiger partial charge in [-0.25, -0.2) is 13.8 Å². The maximum absolute atomic E-state index is 13.9. The van der Waals surface area contributed by atoms with Gasteiger partial charge in [0.1, 0.15) is 17.2 Å². The third-order valence-electron chi connectivity index (χ3n) is 4.12. The van der Waals surface area contributed by atoms with Gasteiger partial charge in [-0.2, -0.15) is 0 Å². The summed E-state index contributed by atoms with van der Waals surface area (Å²) in [6, 6.07) is 2.19. The number of rotatable bonds is 4. The minimum Gasteiger partial charge on any atom is -0.321 e. The molecule has 0 fully saturated rings. The molecular formula is C15H19ClF2N2. The largest absolute Gasteiger partial charge is 0.321 e. The Bertz CT molecular complexity index is 630. The van der Waals surface area contributed by atoms with E-state index in [0.29, 0.717) is 11.3 Å². The van der Waals surface area contributed by atoms with Gasteiger partial charge in [0, 0.05) is 11.6 Å². The first-order valence-corrected chi connectivity index (χ1v) is 7.29. The molecule has 1 aromatic heterocycles. The number of nitrogens with zero attached hydrogens (tertiary/aromatic N) is 2. The molecule has 5 heteroatoms. The van der Waals surface area contributed by atoms with Crippen LogP contribution in [0.1, 0.15) is 51.7 Å². The van der Waals surface area contributed by atoms with Crippen molar-refractivity contribution >= 4 is 22.6 Å². The van der Waals surface area contributed by atoms with Crippen molar-refractivity contribution in [2.45, 2.75) is 51.5 Å². The molecule has 0 radical (unpaired) electrons. The molecule has 0 bridgehead atoms. The van der Waals surface area contributed by atoms with E-state index in [2.05, 4.69) is 11.9 Å². The quantitative estimate of drug-likeness (QED) is 0.714. The van der Waals surface area contributed by atoms with Crippen LogP contribution in [0.2, 0.25) is 0 Å². The first-order valence-electron chi connectivity index (χ1n) is 6.86. The second-order valence-electron chi connectivity index (χ2n) is 5.38. The van der Waals surface area contributed by atoms with Gasteiger partial charge < -0.3 is 4.57 Å². The average Bonchev–Trinajstić information content (AvgIpc) is 2.78. The Balaban J connectivity index is 2.88. The van der Waals surface area contributed by atoms with Crippen LogP contribution in [-0.2, 0) is 5.54 Å². The first-order chi connectivity index (χ1) is 9.34. The van der Waals surface area contributed by atoms with E-state index < -0.39 is 11.6 Å². The summed E-state index contributed by atoms with van der Waals surface area (Å²) < 4.78 is 29.4. The Hall–Kier alpha value is -1.16. The summed E-state index contributed by atoms with van der Waals surface area (Å²) in [4.78, 5) is 4.30. The Labute approximate surface area is 122 Å². The summed E-state index contributed by atoms with van der Waals surface area (Å²) in [6.45, 7) is 7.94. The van der Waals surface area contributed by atoms with Crippen LogP contribution in [0.15, 0.2) is 12.1 Å². The fourth-order valence-electron chi connectivity index (χ4n) is 2.52. The van der Waals surface area contributed by atoms with E-state index in [1.54, 1.807) is 6.92 Å². The highest BCUT2D eigenvalue weighted by Crippen LogP contribution is 2.35. The molecule has 0 spiro atoms. The lowest BCUT2D eigenvalue weighted by atomic mass is 9.94. The van der Waals surface area contributed by atoms with Crippen molar-refractivity contribution in [3.05, 3.63) is 29.6 Å². The van der Waals surface area contributed by atoms with Crippen molar-refractivity contribution in [2.75, 3.05) is 0 Å². The smallest absolute Gasteiger partial charge is 0.153 e. The second kappa shape index (κ2) is 5.32. The van der Waals surface area contributed by atoms with Crippen LogP contribution in [0.25, 0.3) is 11.0 Å². The van der Waals surface area contributed by atoms with Gasteiger partial charge in [0.15, 0.2) is 5.82 Å². The topological polar surface area (TPSA) is 17.8 Å². The van der Waals surface area contributed by atoms with Gasteiger partial charge >= 0.3 is 0 Å². The second-order valence-corrected chi connectivity index (χ2v) is 6.04. The number of halogens is 3. The van der Waals surface area contributed by atoms with Crippen LogP contribution in [0, 0.1) is 11.6 Å². The molecular weight excluding hydrogens is 282 g/mol. The number of aromatic nitrogens is 2. The first kappa shape index (κ1) is 15.2. The van der Waals surface area contributed by atoms with Gasteiger partial charge in [0.2, 0.25) is 0 Å². The van der Waals surface area contributed by atoms with Crippen molar-refractivity contribution in [1.29, 1.82) is 0 Å². The number of alkyl halides is 1. The van der Waals surface area contributed by atoms with Crippen LogP contribution in [-0.4, -0.2) is 9.55 Å². The van der Waals surface area contributed by atoms with Gasteiger partial charge in [-0.3, -0.25) is 0 Å². The van der Waals surface area contributed by atoms with Crippen molar-refractivity contribution in [3.8, 4) is 0 Å². The third kappa shape index (κ3) is 2.30. The molecule has 0 aliphatic carbocycles. The van der Waals surface area contributed by atoms with Gasteiger partial charge in [-0.05, 0) is 32.8 Å². The molecule has 0 aliphatic heterocycles. The highest BCUT2D eigenvalue weighted by atomic mass is 35.5. The zero-order valence-corrected chi connectivity index (χ0v) is 12.9. The molecule has 1 atom stereocenters. The molecule has 0 saturated heterocycles. The summed E-state index contributed by atoms with van der Waals surface area (Å²) in [5, 5.41) is -0.373. The molecule has 0 saturated carbocycles.